The molecule has 0 aliphatic carbocycles. The molecule has 1 aromatic carbocycles. The van der Waals surface area contributed by atoms with Gasteiger partial charge in [-0.05, 0) is 32.9 Å². The maximum Gasteiger partial charge on any atom is 0.310 e. The molecule has 0 radical (unpaired) electrons. The van der Waals surface area contributed by atoms with Crippen LogP contribution in [0.25, 0.3) is 0 Å². The predicted octanol–water partition coefficient (Wildman–Crippen LogP) is 1.89. The van der Waals surface area contributed by atoms with Gasteiger partial charge >= 0.3 is 10.1 Å². The van der Waals surface area contributed by atoms with Gasteiger partial charge in [0.2, 0.25) is 0 Å². The first kappa shape index (κ1) is 16.3. The summed E-state index contributed by atoms with van der Waals surface area (Å²) in [5, 5.41) is 0. The Balaban J connectivity index is 1.90. The van der Waals surface area contributed by atoms with E-state index in [1.807, 2.05) is 26.8 Å². The van der Waals surface area contributed by atoms with Crippen molar-refractivity contribution in [3.8, 4) is 5.75 Å². The van der Waals surface area contributed by atoms with Gasteiger partial charge in [-0.2, -0.15) is 8.42 Å². The Bertz CT molecular complexity index is 556. The molecule has 0 saturated carbocycles. The summed E-state index contributed by atoms with van der Waals surface area (Å²) in [6.45, 7) is 7.95. The lowest BCUT2D eigenvalue weighted by Gasteiger charge is -2.41. The summed E-state index contributed by atoms with van der Waals surface area (Å²) >= 11 is 0. The van der Waals surface area contributed by atoms with E-state index < -0.39 is 10.1 Å². The Morgan fingerprint density at radius 2 is 2.00 bits per heavy atom. The Kier molecular flexibility index (Phi) is 4.91. The van der Waals surface area contributed by atoms with Gasteiger partial charge in [0.05, 0.1) is 17.5 Å². The van der Waals surface area contributed by atoms with Crippen LogP contribution >= 0.6 is 0 Å². The van der Waals surface area contributed by atoms with E-state index in [1.54, 1.807) is 24.3 Å². The lowest BCUT2D eigenvalue weighted by atomic mass is 10.1. The number of morpholine rings is 1. The van der Waals surface area contributed by atoms with Gasteiger partial charge in [-0.3, -0.25) is 4.90 Å². The Labute approximate surface area is 127 Å². The third kappa shape index (κ3) is 5.30. The van der Waals surface area contributed by atoms with E-state index in [9.17, 15) is 8.42 Å². The molecule has 1 heterocycles. The molecule has 0 aromatic heterocycles. The first-order chi connectivity index (χ1) is 9.76. The molecule has 0 amide bonds. The molecule has 118 valence electrons. The van der Waals surface area contributed by atoms with Gasteiger partial charge in [-0.15, -0.1) is 0 Å². The minimum absolute atomic E-state index is 0.0231. The van der Waals surface area contributed by atoms with Gasteiger partial charge in [0.15, 0.2) is 0 Å². The molecule has 1 atom stereocenters. The standard InChI is InChI=1S/C15H23NO4S/c1-13-11-16(12-15(2,3)19-13)9-10-21(17,18)20-14-7-5-4-6-8-14/h4-8,13H,9-12H2,1-3H3/t13-/m0/s1. The minimum atomic E-state index is -3.57. The topological polar surface area (TPSA) is 55.8 Å². The van der Waals surface area contributed by atoms with E-state index in [-0.39, 0.29) is 17.5 Å². The largest absolute Gasteiger partial charge is 0.382 e. The van der Waals surface area contributed by atoms with Crippen molar-refractivity contribution in [2.75, 3.05) is 25.4 Å². The summed E-state index contributed by atoms with van der Waals surface area (Å²) in [7, 11) is -3.57. The molecule has 6 heteroatoms. The van der Waals surface area contributed by atoms with Gasteiger partial charge in [0.25, 0.3) is 0 Å². The molecule has 0 spiro atoms. The SMILES string of the molecule is C[C@H]1CN(CCS(=O)(=O)Oc2ccccc2)CC(C)(C)O1. The maximum absolute atomic E-state index is 12.0. The van der Waals surface area contributed by atoms with Gasteiger partial charge in [0.1, 0.15) is 5.75 Å². The fourth-order valence-electron chi connectivity index (χ4n) is 2.66. The number of rotatable bonds is 5. The smallest absolute Gasteiger partial charge is 0.310 e. The summed E-state index contributed by atoms with van der Waals surface area (Å²) in [4.78, 5) is 2.11. The average molecular weight is 313 g/mol. The minimum Gasteiger partial charge on any atom is -0.382 e. The van der Waals surface area contributed by atoms with Gasteiger partial charge < -0.3 is 8.92 Å². The number of para-hydroxylation sites is 1. The van der Waals surface area contributed by atoms with Crippen LogP contribution in [0.1, 0.15) is 20.8 Å². The van der Waals surface area contributed by atoms with Crippen molar-refractivity contribution in [3.63, 3.8) is 0 Å². The van der Waals surface area contributed by atoms with Crippen LogP contribution in [0.5, 0.6) is 5.75 Å². The molecule has 0 N–H and O–H groups in total. The molecule has 1 fully saturated rings. The number of benzene rings is 1. The summed E-state index contributed by atoms with van der Waals surface area (Å²) in [6, 6.07) is 8.58. The highest BCUT2D eigenvalue weighted by molar-refractivity contribution is 7.87. The molecular weight excluding hydrogens is 290 g/mol. The van der Waals surface area contributed by atoms with Crippen LogP contribution in [-0.4, -0.2) is 50.4 Å². The molecule has 5 nitrogen and oxygen atoms in total. The zero-order valence-electron chi connectivity index (χ0n) is 12.8. The second-order valence-electron chi connectivity index (χ2n) is 6.08. The quantitative estimate of drug-likeness (QED) is 0.777. The molecule has 1 aliphatic rings. The van der Waals surface area contributed by atoms with E-state index in [1.165, 1.54) is 0 Å². The highest BCUT2D eigenvalue weighted by Gasteiger charge is 2.31. The molecule has 0 unspecified atom stereocenters. The fraction of sp³-hybridized carbons (Fsp3) is 0.600. The van der Waals surface area contributed by atoms with Crippen LogP contribution in [0.2, 0.25) is 0 Å². The van der Waals surface area contributed by atoms with Crippen molar-refractivity contribution >= 4 is 10.1 Å². The van der Waals surface area contributed by atoms with Gasteiger partial charge in [-0.25, -0.2) is 0 Å². The monoisotopic (exact) mass is 313 g/mol. The molecule has 0 bridgehead atoms. The number of hydrogen-bond acceptors (Lipinski definition) is 5. The fourth-order valence-corrected chi connectivity index (χ4v) is 3.63. The summed E-state index contributed by atoms with van der Waals surface area (Å²) in [6.07, 6.45) is 0.103. The van der Waals surface area contributed by atoms with E-state index in [0.717, 1.165) is 13.1 Å². The van der Waals surface area contributed by atoms with Crippen LogP contribution in [0, 0.1) is 0 Å². The molecular formula is C15H23NO4S. The predicted molar refractivity (Wildman–Crippen MR) is 81.9 cm³/mol. The van der Waals surface area contributed by atoms with Crippen LogP contribution < -0.4 is 4.18 Å². The molecule has 1 saturated heterocycles. The number of hydrogen-bond donors (Lipinski definition) is 0. The average Bonchev–Trinajstić information content (AvgIpc) is 2.35. The van der Waals surface area contributed by atoms with Crippen LogP contribution in [0.15, 0.2) is 30.3 Å². The normalized spacial score (nSPS) is 22.9. The Hall–Kier alpha value is -1.11. The molecule has 21 heavy (non-hydrogen) atoms. The Morgan fingerprint density at radius 1 is 1.33 bits per heavy atom. The van der Waals surface area contributed by atoms with E-state index in [2.05, 4.69) is 4.90 Å². The van der Waals surface area contributed by atoms with E-state index in [4.69, 9.17) is 8.92 Å². The van der Waals surface area contributed by atoms with Crippen LogP contribution in [0.3, 0.4) is 0 Å². The third-order valence-electron chi connectivity index (χ3n) is 3.26. The highest BCUT2D eigenvalue weighted by Crippen LogP contribution is 2.20. The first-order valence-corrected chi connectivity index (χ1v) is 8.71. The first-order valence-electron chi connectivity index (χ1n) is 7.13. The maximum atomic E-state index is 12.0. The molecule has 1 aromatic rings. The number of nitrogens with zero attached hydrogens (tertiary/aromatic N) is 1. The summed E-state index contributed by atoms with van der Waals surface area (Å²) < 4.78 is 34.9. The van der Waals surface area contributed by atoms with Crippen LogP contribution in [-0.2, 0) is 14.9 Å². The number of ether oxygens (including phenoxy) is 1. The third-order valence-corrected chi connectivity index (χ3v) is 4.39. The summed E-state index contributed by atoms with van der Waals surface area (Å²) in [5.74, 6) is 0.332. The van der Waals surface area contributed by atoms with Crippen LogP contribution in [0.4, 0.5) is 0 Å². The van der Waals surface area contributed by atoms with Crippen molar-refractivity contribution in [2.24, 2.45) is 0 Å². The van der Waals surface area contributed by atoms with Crippen molar-refractivity contribution in [3.05, 3.63) is 30.3 Å². The molecule has 1 aliphatic heterocycles. The lowest BCUT2D eigenvalue weighted by Crippen LogP contribution is -2.52. The van der Waals surface area contributed by atoms with E-state index in [0.29, 0.717) is 12.3 Å². The lowest BCUT2D eigenvalue weighted by molar-refractivity contribution is -0.127. The highest BCUT2D eigenvalue weighted by atomic mass is 32.2. The second kappa shape index (κ2) is 6.34. The van der Waals surface area contributed by atoms with Gasteiger partial charge in [0, 0.05) is 19.6 Å². The Morgan fingerprint density at radius 3 is 2.62 bits per heavy atom. The van der Waals surface area contributed by atoms with Crippen molar-refractivity contribution < 1.29 is 17.3 Å². The summed E-state index contributed by atoms with van der Waals surface area (Å²) in [5.41, 5.74) is -0.248. The van der Waals surface area contributed by atoms with E-state index >= 15 is 0 Å². The van der Waals surface area contributed by atoms with Crippen molar-refractivity contribution in [1.82, 2.24) is 4.90 Å². The zero-order chi connectivity index (χ0) is 15.5. The second-order valence-corrected chi connectivity index (χ2v) is 7.77. The van der Waals surface area contributed by atoms with Gasteiger partial charge in [-0.1, -0.05) is 18.2 Å². The van der Waals surface area contributed by atoms with Crippen molar-refractivity contribution in [2.45, 2.75) is 32.5 Å². The van der Waals surface area contributed by atoms with Crippen molar-refractivity contribution in [1.29, 1.82) is 0 Å². The zero-order valence-corrected chi connectivity index (χ0v) is 13.6. The molecule has 2 rings (SSSR count).